The van der Waals surface area contributed by atoms with Crippen LogP contribution in [0.3, 0.4) is 0 Å². The highest BCUT2D eigenvalue weighted by Crippen LogP contribution is 2.14. The number of nitrogens with zero attached hydrogens (tertiary/aromatic N) is 4. The van der Waals surface area contributed by atoms with Crippen LogP contribution in [0.5, 0.6) is 0 Å². The number of aromatic nitrogens is 3. The number of anilines is 1. The second-order valence-corrected chi connectivity index (χ2v) is 5.16. The molecular weight excluding hydrogens is 254 g/mol. The molecular formula is C14H19N5O. The van der Waals surface area contributed by atoms with Crippen LogP contribution in [0.1, 0.15) is 13.3 Å². The minimum atomic E-state index is -0.0373. The number of piperazine rings is 1. The summed E-state index contributed by atoms with van der Waals surface area (Å²) in [7, 11) is 1.78. The van der Waals surface area contributed by atoms with E-state index in [0.29, 0.717) is 23.0 Å². The van der Waals surface area contributed by atoms with Gasteiger partial charge in [0.1, 0.15) is 0 Å². The van der Waals surface area contributed by atoms with Crippen molar-refractivity contribution in [2.24, 2.45) is 7.05 Å². The van der Waals surface area contributed by atoms with Crippen molar-refractivity contribution in [3.63, 3.8) is 0 Å². The fraction of sp³-hybridized carbons (Fsp3) is 0.500. The van der Waals surface area contributed by atoms with Gasteiger partial charge in [0, 0.05) is 38.9 Å². The Morgan fingerprint density at radius 3 is 3.15 bits per heavy atom. The van der Waals surface area contributed by atoms with E-state index in [2.05, 4.69) is 27.1 Å². The van der Waals surface area contributed by atoms with Crippen LogP contribution in [0.4, 0.5) is 5.95 Å². The molecule has 0 spiro atoms. The van der Waals surface area contributed by atoms with E-state index in [9.17, 15) is 4.79 Å². The van der Waals surface area contributed by atoms with Crippen LogP contribution < -0.4 is 15.8 Å². The molecule has 6 nitrogen and oxygen atoms in total. The second kappa shape index (κ2) is 5.20. The molecule has 0 bridgehead atoms. The van der Waals surface area contributed by atoms with E-state index >= 15 is 0 Å². The third kappa shape index (κ3) is 2.16. The first-order chi connectivity index (χ1) is 9.70. The minimum absolute atomic E-state index is 0.0373. The van der Waals surface area contributed by atoms with Crippen LogP contribution >= 0.6 is 0 Å². The first-order valence-corrected chi connectivity index (χ1v) is 7.00. The molecule has 6 heteroatoms. The molecule has 1 unspecified atom stereocenters. The second-order valence-electron chi connectivity index (χ2n) is 5.16. The van der Waals surface area contributed by atoms with Gasteiger partial charge in [-0.05, 0) is 18.6 Å². The van der Waals surface area contributed by atoms with Crippen molar-refractivity contribution >= 4 is 17.0 Å². The van der Waals surface area contributed by atoms with Crippen LogP contribution in [0.25, 0.3) is 11.0 Å². The lowest BCUT2D eigenvalue weighted by Gasteiger charge is -2.34. The molecule has 2 aromatic heterocycles. The van der Waals surface area contributed by atoms with E-state index in [4.69, 9.17) is 0 Å². The highest BCUT2D eigenvalue weighted by Gasteiger charge is 2.22. The SMILES string of the molecule is CCC1CN(c2nc3ncccc3c(=O)n2C)CCN1. The molecule has 1 aliphatic rings. The molecule has 3 heterocycles. The zero-order valence-electron chi connectivity index (χ0n) is 11.8. The molecule has 0 saturated carbocycles. The lowest BCUT2D eigenvalue weighted by atomic mass is 10.1. The van der Waals surface area contributed by atoms with Crippen molar-refractivity contribution in [2.75, 3.05) is 24.5 Å². The maximum absolute atomic E-state index is 12.4. The Balaban J connectivity index is 2.07. The summed E-state index contributed by atoms with van der Waals surface area (Å²) in [6.45, 7) is 4.80. The summed E-state index contributed by atoms with van der Waals surface area (Å²) in [5, 5.41) is 4.04. The molecule has 1 saturated heterocycles. The molecule has 106 valence electrons. The number of fused-ring (bicyclic) bond motifs is 1. The van der Waals surface area contributed by atoms with Crippen molar-refractivity contribution in [1.29, 1.82) is 0 Å². The van der Waals surface area contributed by atoms with E-state index in [1.807, 2.05) is 0 Å². The fourth-order valence-corrected chi connectivity index (χ4v) is 2.66. The molecule has 0 aromatic carbocycles. The Bertz CT molecular complexity index is 681. The zero-order valence-corrected chi connectivity index (χ0v) is 11.8. The topological polar surface area (TPSA) is 63.1 Å². The molecule has 0 radical (unpaired) electrons. The quantitative estimate of drug-likeness (QED) is 0.864. The van der Waals surface area contributed by atoms with Gasteiger partial charge in [0.25, 0.3) is 5.56 Å². The molecule has 1 aliphatic heterocycles. The van der Waals surface area contributed by atoms with Gasteiger partial charge in [-0.2, -0.15) is 4.98 Å². The fourth-order valence-electron chi connectivity index (χ4n) is 2.66. The first kappa shape index (κ1) is 13.1. The van der Waals surface area contributed by atoms with Gasteiger partial charge in [-0.1, -0.05) is 6.92 Å². The van der Waals surface area contributed by atoms with Gasteiger partial charge in [0.2, 0.25) is 5.95 Å². The molecule has 1 atom stereocenters. The Morgan fingerprint density at radius 1 is 1.50 bits per heavy atom. The Kier molecular flexibility index (Phi) is 3.40. The predicted molar refractivity (Wildman–Crippen MR) is 79.1 cm³/mol. The van der Waals surface area contributed by atoms with E-state index < -0.39 is 0 Å². The summed E-state index contributed by atoms with van der Waals surface area (Å²) in [6.07, 6.45) is 2.74. The zero-order chi connectivity index (χ0) is 14.1. The van der Waals surface area contributed by atoms with Gasteiger partial charge in [-0.25, -0.2) is 4.98 Å². The third-order valence-corrected chi connectivity index (χ3v) is 3.86. The number of rotatable bonds is 2. The van der Waals surface area contributed by atoms with Gasteiger partial charge in [-0.3, -0.25) is 9.36 Å². The summed E-state index contributed by atoms with van der Waals surface area (Å²) < 4.78 is 1.63. The van der Waals surface area contributed by atoms with Crippen molar-refractivity contribution in [3.05, 3.63) is 28.7 Å². The average Bonchev–Trinajstić information content (AvgIpc) is 2.51. The summed E-state index contributed by atoms with van der Waals surface area (Å²) in [5.41, 5.74) is 0.488. The minimum Gasteiger partial charge on any atom is -0.339 e. The highest BCUT2D eigenvalue weighted by molar-refractivity contribution is 5.74. The van der Waals surface area contributed by atoms with Crippen LogP contribution in [0.15, 0.2) is 23.1 Å². The normalized spacial score (nSPS) is 19.5. The number of pyridine rings is 1. The third-order valence-electron chi connectivity index (χ3n) is 3.86. The summed E-state index contributed by atoms with van der Waals surface area (Å²) in [5.74, 6) is 0.709. The Morgan fingerprint density at radius 2 is 2.35 bits per heavy atom. The van der Waals surface area contributed by atoms with Crippen LogP contribution in [0, 0.1) is 0 Å². The predicted octanol–water partition coefficient (Wildman–Crippen LogP) is 0.517. The van der Waals surface area contributed by atoms with Gasteiger partial charge < -0.3 is 10.2 Å². The molecule has 20 heavy (non-hydrogen) atoms. The van der Waals surface area contributed by atoms with E-state index in [0.717, 1.165) is 26.1 Å². The van der Waals surface area contributed by atoms with Crippen LogP contribution in [-0.2, 0) is 7.05 Å². The lowest BCUT2D eigenvalue weighted by Crippen LogP contribution is -2.51. The molecule has 0 aliphatic carbocycles. The number of nitrogens with one attached hydrogen (secondary N) is 1. The van der Waals surface area contributed by atoms with Crippen LogP contribution in [-0.4, -0.2) is 40.2 Å². The van der Waals surface area contributed by atoms with Crippen molar-refractivity contribution in [1.82, 2.24) is 19.9 Å². The number of hydrogen-bond donors (Lipinski definition) is 1. The summed E-state index contributed by atoms with van der Waals surface area (Å²) in [4.78, 5) is 23.3. The maximum atomic E-state index is 12.4. The van der Waals surface area contributed by atoms with Crippen LogP contribution in [0.2, 0.25) is 0 Å². The molecule has 0 amide bonds. The Labute approximate surface area is 117 Å². The summed E-state index contributed by atoms with van der Waals surface area (Å²) in [6, 6.07) is 3.98. The van der Waals surface area contributed by atoms with Gasteiger partial charge in [0.15, 0.2) is 5.65 Å². The smallest absolute Gasteiger partial charge is 0.264 e. The van der Waals surface area contributed by atoms with E-state index in [1.165, 1.54) is 0 Å². The number of hydrogen-bond acceptors (Lipinski definition) is 5. The van der Waals surface area contributed by atoms with Crippen molar-refractivity contribution in [2.45, 2.75) is 19.4 Å². The highest BCUT2D eigenvalue weighted by atomic mass is 16.1. The maximum Gasteiger partial charge on any atom is 0.264 e. The first-order valence-electron chi connectivity index (χ1n) is 7.00. The Hall–Kier alpha value is -1.95. The van der Waals surface area contributed by atoms with E-state index in [-0.39, 0.29) is 5.56 Å². The average molecular weight is 273 g/mol. The largest absolute Gasteiger partial charge is 0.339 e. The van der Waals surface area contributed by atoms with E-state index in [1.54, 1.807) is 29.9 Å². The summed E-state index contributed by atoms with van der Waals surface area (Å²) >= 11 is 0. The van der Waals surface area contributed by atoms with Gasteiger partial charge in [-0.15, -0.1) is 0 Å². The van der Waals surface area contributed by atoms with Gasteiger partial charge >= 0.3 is 0 Å². The standard InChI is InChI=1S/C14H19N5O/c1-3-10-9-19(8-7-15-10)14-17-12-11(5-4-6-16-12)13(20)18(14)2/h4-6,10,15H,3,7-9H2,1-2H3. The lowest BCUT2D eigenvalue weighted by molar-refractivity contribution is 0.439. The molecule has 2 aromatic rings. The van der Waals surface area contributed by atoms with Crippen molar-refractivity contribution < 1.29 is 0 Å². The van der Waals surface area contributed by atoms with Gasteiger partial charge in [0.05, 0.1) is 5.39 Å². The monoisotopic (exact) mass is 273 g/mol. The molecule has 3 rings (SSSR count). The molecule has 1 fully saturated rings. The van der Waals surface area contributed by atoms with Crippen molar-refractivity contribution in [3.8, 4) is 0 Å². The molecule has 1 N–H and O–H groups in total.